The van der Waals surface area contributed by atoms with E-state index in [2.05, 4.69) is 36.4 Å². The lowest BCUT2D eigenvalue weighted by Gasteiger charge is -2.21. The number of hydrogen-bond acceptors (Lipinski definition) is 8. The molecular weight excluding hydrogens is 560 g/mol. The number of aromatic nitrogens is 1. The summed E-state index contributed by atoms with van der Waals surface area (Å²) in [6, 6.07) is 16.3. The molecule has 3 aromatic carbocycles. The van der Waals surface area contributed by atoms with Gasteiger partial charge in [-0.15, -0.1) is 15.3 Å². The van der Waals surface area contributed by atoms with Crippen LogP contribution in [0.25, 0.3) is 10.2 Å². The summed E-state index contributed by atoms with van der Waals surface area (Å²) in [7, 11) is 0. The first-order chi connectivity index (χ1) is 17.4. The van der Waals surface area contributed by atoms with Crippen molar-refractivity contribution in [1.29, 1.82) is 5.26 Å². The molecule has 7 nitrogen and oxygen atoms in total. The Balaban J connectivity index is 1.49. The van der Waals surface area contributed by atoms with Gasteiger partial charge in [-0.3, -0.25) is 0 Å². The number of nitrogens with zero attached hydrogens (tertiary/aromatic N) is 7. The van der Waals surface area contributed by atoms with Crippen LogP contribution in [-0.4, -0.2) is 18.1 Å². The van der Waals surface area contributed by atoms with Crippen molar-refractivity contribution in [3.63, 3.8) is 0 Å². The molecule has 4 aromatic rings. The Morgan fingerprint density at radius 3 is 2.14 bits per heavy atom. The van der Waals surface area contributed by atoms with E-state index in [-0.39, 0.29) is 0 Å². The predicted octanol–water partition coefficient (Wildman–Crippen LogP) is 10.5. The number of azo groups is 2. The molecule has 1 aromatic heterocycles. The molecule has 0 saturated carbocycles. The van der Waals surface area contributed by atoms with Crippen molar-refractivity contribution < 1.29 is 0 Å². The summed E-state index contributed by atoms with van der Waals surface area (Å²) >= 11 is 26.2. The highest BCUT2D eigenvalue weighted by Gasteiger charge is 2.10. The Kier molecular flexibility index (Phi) is 8.72. The van der Waals surface area contributed by atoms with Gasteiger partial charge in [-0.25, -0.2) is 4.98 Å². The largest absolute Gasteiger partial charge is 0.371 e. The average molecular weight is 577 g/mol. The second kappa shape index (κ2) is 12.0. The molecule has 0 N–H and O–H groups in total. The molecule has 0 spiro atoms. The summed E-state index contributed by atoms with van der Waals surface area (Å²) in [5, 5.41) is 27.6. The van der Waals surface area contributed by atoms with E-state index < -0.39 is 0 Å². The van der Waals surface area contributed by atoms with Crippen LogP contribution in [0, 0.1) is 11.3 Å². The number of anilines is 1. The van der Waals surface area contributed by atoms with Crippen molar-refractivity contribution in [3.8, 4) is 6.07 Å². The van der Waals surface area contributed by atoms with Gasteiger partial charge in [0.1, 0.15) is 11.4 Å². The van der Waals surface area contributed by atoms with Crippen molar-refractivity contribution in [2.45, 2.75) is 13.3 Å². The molecular formula is C24H17Cl4N7S. The Labute approximate surface area is 231 Å². The summed E-state index contributed by atoms with van der Waals surface area (Å²) in [5.41, 5.74) is 3.13. The highest BCUT2D eigenvalue weighted by molar-refractivity contribution is 7.22. The molecule has 0 atom stereocenters. The normalized spacial score (nSPS) is 11.6. The Bertz CT molecular complexity index is 1450. The Morgan fingerprint density at radius 1 is 0.861 bits per heavy atom. The molecule has 0 unspecified atom stereocenters. The minimum absolute atomic E-state index is 0.315. The van der Waals surface area contributed by atoms with Crippen LogP contribution < -0.4 is 4.90 Å². The molecule has 0 aliphatic heterocycles. The molecule has 0 radical (unpaired) electrons. The summed E-state index contributed by atoms with van der Waals surface area (Å²) in [6.45, 7) is 3.53. The highest BCUT2D eigenvalue weighted by Crippen LogP contribution is 2.39. The van der Waals surface area contributed by atoms with Gasteiger partial charge in [-0.2, -0.15) is 10.4 Å². The van der Waals surface area contributed by atoms with Crippen molar-refractivity contribution in [1.82, 2.24) is 4.98 Å². The van der Waals surface area contributed by atoms with Crippen LogP contribution in [-0.2, 0) is 0 Å². The molecule has 0 saturated heterocycles. The second-order valence-corrected chi connectivity index (χ2v) is 10.0. The standard InChI is InChI=1S/C24H17Cl4N7S/c1-2-35(9-3-8-29)15-6-4-14(5-7-15)31-32-20-11-19(28)21(12-18(20)27)33-34-24-30-22-10-16(25)17(26)13-23(22)36-24/h4-7,10-13H,2-3,9H2,1H3. The fourth-order valence-electron chi connectivity index (χ4n) is 3.23. The number of halogens is 4. The number of benzene rings is 3. The second-order valence-electron chi connectivity index (χ2n) is 7.39. The molecule has 182 valence electrons. The maximum Gasteiger partial charge on any atom is 0.231 e. The highest BCUT2D eigenvalue weighted by atomic mass is 35.5. The zero-order valence-corrected chi connectivity index (χ0v) is 22.6. The summed E-state index contributed by atoms with van der Waals surface area (Å²) in [6.07, 6.45) is 0.467. The minimum Gasteiger partial charge on any atom is -0.371 e. The third-order valence-corrected chi connectivity index (χ3v) is 7.27. The molecule has 0 aliphatic rings. The average Bonchev–Trinajstić information content (AvgIpc) is 3.26. The van der Waals surface area contributed by atoms with E-state index in [1.54, 1.807) is 24.3 Å². The van der Waals surface area contributed by atoms with Gasteiger partial charge in [0.2, 0.25) is 5.13 Å². The first kappa shape index (κ1) is 26.3. The SMILES string of the molecule is CCN(CCC#N)c1ccc(N=Nc2cc(Cl)c(N=Nc3nc4cc(Cl)c(Cl)cc4s3)cc2Cl)cc1. The third-order valence-electron chi connectivity index (χ3n) is 5.04. The molecule has 0 amide bonds. The van der Waals surface area contributed by atoms with Gasteiger partial charge >= 0.3 is 0 Å². The summed E-state index contributed by atoms with van der Waals surface area (Å²) in [5.74, 6) is 0. The monoisotopic (exact) mass is 575 g/mol. The van der Waals surface area contributed by atoms with Gasteiger partial charge in [0.25, 0.3) is 0 Å². The van der Waals surface area contributed by atoms with Crippen LogP contribution in [0.2, 0.25) is 20.1 Å². The molecule has 12 heteroatoms. The number of nitriles is 1. The van der Waals surface area contributed by atoms with Gasteiger partial charge in [0, 0.05) is 18.8 Å². The quantitative estimate of drug-likeness (QED) is 0.195. The van der Waals surface area contributed by atoms with E-state index in [0.29, 0.717) is 60.8 Å². The van der Waals surface area contributed by atoms with Crippen LogP contribution in [0.3, 0.4) is 0 Å². The van der Waals surface area contributed by atoms with E-state index >= 15 is 0 Å². The smallest absolute Gasteiger partial charge is 0.231 e. The number of fused-ring (bicyclic) bond motifs is 1. The van der Waals surface area contributed by atoms with E-state index in [1.165, 1.54) is 11.3 Å². The Hall–Kier alpha value is -2.80. The molecule has 4 rings (SSSR count). The predicted molar refractivity (Wildman–Crippen MR) is 149 cm³/mol. The lowest BCUT2D eigenvalue weighted by Crippen LogP contribution is -2.23. The van der Waals surface area contributed by atoms with E-state index in [9.17, 15) is 0 Å². The van der Waals surface area contributed by atoms with Crippen LogP contribution in [0.4, 0.5) is 27.9 Å². The van der Waals surface area contributed by atoms with Crippen LogP contribution in [0.1, 0.15) is 13.3 Å². The van der Waals surface area contributed by atoms with Gasteiger partial charge in [-0.1, -0.05) is 57.7 Å². The van der Waals surface area contributed by atoms with E-state index in [4.69, 9.17) is 51.7 Å². The zero-order chi connectivity index (χ0) is 25.7. The van der Waals surface area contributed by atoms with Crippen molar-refractivity contribution >= 4 is 95.8 Å². The van der Waals surface area contributed by atoms with Gasteiger partial charge in [0.05, 0.1) is 48.5 Å². The Morgan fingerprint density at radius 2 is 1.50 bits per heavy atom. The van der Waals surface area contributed by atoms with Crippen molar-refractivity contribution in [3.05, 3.63) is 68.6 Å². The maximum absolute atomic E-state index is 8.82. The number of thiazole rings is 1. The minimum atomic E-state index is 0.315. The van der Waals surface area contributed by atoms with Crippen molar-refractivity contribution in [2.75, 3.05) is 18.0 Å². The molecule has 0 fully saturated rings. The van der Waals surface area contributed by atoms with Gasteiger partial charge in [0.15, 0.2) is 0 Å². The molecule has 0 aliphatic carbocycles. The zero-order valence-electron chi connectivity index (χ0n) is 18.8. The van der Waals surface area contributed by atoms with Crippen molar-refractivity contribution in [2.24, 2.45) is 20.5 Å². The lowest BCUT2D eigenvalue weighted by molar-refractivity contribution is 0.827. The van der Waals surface area contributed by atoms with Gasteiger partial charge < -0.3 is 4.90 Å². The number of rotatable bonds is 8. The number of hydrogen-bond donors (Lipinski definition) is 0. The molecule has 1 heterocycles. The first-order valence-corrected chi connectivity index (χ1v) is 13.0. The maximum atomic E-state index is 8.82. The van der Waals surface area contributed by atoms with Crippen LogP contribution in [0.5, 0.6) is 0 Å². The van der Waals surface area contributed by atoms with Gasteiger partial charge in [-0.05, 0) is 55.5 Å². The summed E-state index contributed by atoms with van der Waals surface area (Å²) < 4.78 is 0.843. The molecule has 0 bridgehead atoms. The third kappa shape index (κ3) is 6.30. The topological polar surface area (TPSA) is 89.4 Å². The summed E-state index contributed by atoms with van der Waals surface area (Å²) in [4.78, 5) is 6.51. The first-order valence-electron chi connectivity index (χ1n) is 10.7. The van der Waals surface area contributed by atoms with E-state index in [1.807, 2.05) is 31.2 Å². The fourth-order valence-corrected chi connectivity index (χ4v) is 4.81. The molecule has 36 heavy (non-hydrogen) atoms. The lowest BCUT2D eigenvalue weighted by atomic mass is 10.2. The fraction of sp³-hybridized carbons (Fsp3) is 0.167. The van der Waals surface area contributed by atoms with Crippen LogP contribution >= 0.6 is 57.7 Å². The van der Waals surface area contributed by atoms with Crippen LogP contribution in [0.15, 0.2) is 69.0 Å². The van der Waals surface area contributed by atoms with E-state index in [0.717, 1.165) is 16.9 Å².